The summed E-state index contributed by atoms with van der Waals surface area (Å²) >= 11 is 0. The largest absolute Gasteiger partial charge is 0.291 e. The van der Waals surface area contributed by atoms with E-state index in [1.54, 1.807) is 0 Å². The van der Waals surface area contributed by atoms with Gasteiger partial charge in [-0.05, 0) is 202 Å². The van der Waals surface area contributed by atoms with Crippen molar-refractivity contribution < 1.29 is 0 Å². The van der Waals surface area contributed by atoms with Crippen LogP contribution in [0.3, 0.4) is 0 Å². The van der Waals surface area contributed by atoms with Crippen molar-refractivity contribution in [1.82, 2.24) is 0 Å². The van der Waals surface area contributed by atoms with Crippen LogP contribution in [0.1, 0.15) is 0 Å². The van der Waals surface area contributed by atoms with Crippen LogP contribution in [0.15, 0.2) is 327 Å². The van der Waals surface area contributed by atoms with Crippen LogP contribution in [0.4, 0.5) is 45.5 Å². The fraction of sp³-hybridized carbons (Fsp3) is 0. The fourth-order valence-corrected chi connectivity index (χ4v) is 15.6. The van der Waals surface area contributed by atoms with Gasteiger partial charge in [-0.15, -0.1) is 0 Å². The molecule has 0 saturated carbocycles. The van der Waals surface area contributed by atoms with Gasteiger partial charge in [0.15, 0.2) is 11.6 Å². The van der Waals surface area contributed by atoms with E-state index in [9.17, 15) is 0 Å². The first-order valence-electron chi connectivity index (χ1n) is 31.1. The molecule has 18 aromatic rings. The summed E-state index contributed by atoms with van der Waals surface area (Å²) in [5, 5.41) is 29.4. The minimum absolute atomic E-state index is 0.996. The third kappa shape index (κ3) is 7.07. The van der Waals surface area contributed by atoms with Gasteiger partial charge < -0.3 is 0 Å². The number of para-hydroxylation sites is 4. The van der Waals surface area contributed by atoms with Crippen LogP contribution >= 0.6 is 0 Å². The highest BCUT2D eigenvalue weighted by molar-refractivity contribution is 6.22. The Morgan fingerprint density at radius 3 is 0.544 bits per heavy atom. The first-order chi connectivity index (χ1) is 44.6. The quantitative estimate of drug-likeness (QED) is 0.163. The summed E-state index contributed by atoms with van der Waals surface area (Å²) in [6.45, 7) is 0. The zero-order valence-electron chi connectivity index (χ0n) is 48.8. The lowest BCUT2D eigenvalue weighted by Crippen LogP contribution is -2.33. The van der Waals surface area contributed by atoms with E-state index in [1.807, 2.05) is 0 Å². The second kappa shape index (κ2) is 18.8. The molecule has 0 unspecified atom stereocenters. The number of nitrogens with zero attached hydrogens (tertiary/aromatic N) is 4. The molecule has 0 aliphatic carbocycles. The monoisotopic (exact) mass is 1140 g/mol. The summed E-state index contributed by atoms with van der Waals surface area (Å²) in [6.07, 6.45) is 0. The lowest BCUT2D eigenvalue weighted by atomic mass is 9.96. The maximum atomic E-state index is 2.56. The molecule has 0 spiro atoms. The molecule has 0 amide bonds. The molecular formula is C86H52N4. The standard InChI is InChI=1S/C86H52N4/c1-5-17-65-53(13-1)29-45-73-69(65)41-33-57-25-37-61(49-77(57)73)87-81-21-9-10-22-82(81)88(62-38-26-58-34-42-70-66-18-6-2-14-54(66)30-46-74(70)78(58)50-62)85(87)86-89(63-39-27-59-35-43-71-67-19-7-3-15-55(67)31-47-75(71)79(59)51-63)83-23-11-12-24-84(83)90(86)64-40-28-60-36-44-72-68-20-8-4-16-56(68)32-48-76(72)80(60)52-64/h1-52H. The van der Waals surface area contributed by atoms with Crippen molar-refractivity contribution in [2.75, 3.05) is 19.6 Å². The molecular weight excluding hydrogens is 1090 g/mol. The van der Waals surface area contributed by atoms with Gasteiger partial charge in [-0.1, -0.05) is 243 Å². The lowest BCUT2D eigenvalue weighted by molar-refractivity contribution is 1.01. The van der Waals surface area contributed by atoms with Crippen LogP contribution < -0.4 is 19.6 Å². The lowest BCUT2D eigenvalue weighted by Gasteiger charge is -2.34. The summed E-state index contributed by atoms with van der Waals surface area (Å²) in [5.41, 5.74) is 8.55. The zero-order chi connectivity index (χ0) is 58.7. The Bertz CT molecular complexity index is 5460. The van der Waals surface area contributed by atoms with E-state index in [0.717, 1.165) is 57.1 Å². The smallest absolute Gasteiger partial charge is 0.166 e. The van der Waals surface area contributed by atoms with Crippen molar-refractivity contribution in [2.45, 2.75) is 0 Å². The summed E-state index contributed by atoms with van der Waals surface area (Å²) in [6, 6.07) is 118. The normalized spacial score (nSPS) is 13.4. The fourth-order valence-electron chi connectivity index (χ4n) is 15.6. The van der Waals surface area contributed by atoms with Crippen LogP contribution in [0, 0.1) is 0 Å². The first kappa shape index (κ1) is 49.2. The van der Waals surface area contributed by atoms with Crippen LogP contribution in [-0.4, -0.2) is 0 Å². The van der Waals surface area contributed by atoms with Crippen molar-refractivity contribution in [3.8, 4) is 0 Å². The van der Waals surface area contributed by atoms with Crippen molar-refractivity contribution in [3.05, 3.63) is 327 Å². The Morgan fingerprint density at radius 2 is 0.311 bits per heavy atom. The Hall–Kier alpha value is -12.0. The molecule has 0 atom stereocenters. The van der Waals surface area contributed by atoms with E-state index in [0.29, 0.717) is 0 Å². The average molecular weight is 1140 g/mol. The topological polar surface area (TPSA) is 13.0 Å². The maximum Gasteiger partial charge on any atom is 0.166 e. The molecule has 0 bridgehead atoms. The van der Waals surface area contributed by atoms with Gasteiger partial charge in [0.25, 0.3) is 0 Å². The second-order valence-corrected chi connectivity index (χ2v) is 24.4. The third-order valence-electron chi connectivity index (χ3n) is 19.7. The van der Waals surface area contributed by atoms with Gasteiger partial charge in [-0.25, -0.2) is 0 Å². The molecule has 4 nitrogen and oxygen atoms in total. The summed E-state index contributed by atoms with van der Waals surface area (Å²) in [4.78, 5) is 10.2. The van der Waals surface area contributed by atoms with E-state index in [4.69, 9.17) is 0 Å². The molecule has 0 radical (unpaired) electrons. The molecule has 416 valence electrons. The number of rotatable bonds is 4. The minimum Gasteiger partial charge on any atom is -0.291 e. The Balaban J connectivity index is 0.925. The summed E-state index contributed by atoms with van der Waals surface area (Å²) in [5.74, 6) is 1.99. The molecule has 0 fully saturated rings. The molecule has 20 rings (SSSR count). The molecule has 0 N–H and O–H groups in total. The number of benzene rings is 18. The van der Waals surface area contributed by atoms with E-state index in [2.05, 4.69) is 335 Å². The minimum atomic E-state index is 0.996. The number of fused-ring (bicyclic) bond motifs is 22. The molecule has 2 heterocycles. The first-order valence-corrected chi connectivity index (χ1v) is 31.1. The summed E-state index contributed by atoms with van der Waals surface area (Å²) in [7, 11) is 0. The third-order valence-corrected chi connectivity index (χ3v) is 19.7. The molecule has 90 heavy (non-hydrogen) atoms. The maximum absolute atomic E-state index is 2.56. The predicted octanol–water partition coefficient (Wildman–Crippen LogP) is 23.9. The predicted molar refractivity (Wildman–Crippen MR) is 384 cm³/mol. The van der Waals surface area contributed by atoms with Gasteiger partial charge in [0.1, 0.15) is 0 Å². The van der Waals surface area contributed by atoms with Crippen molar-refractivity contribution in [1.29, 1.82) is 0 Å². The highest BCUT2D eigenvalue weighted by atomic mass is 15.5. The molecule has 2 aliphatic rings. The second-order valence-electron chi connectivity index (χ2n) is 24.4. The van der Waals surface area contributed by atoms with Crippen molar-refractivity contribution in [3.63, 3.8) is 0 Å². The molecule has 18 aromatic carbocycles. The Kier molecular flexibility index (Phi) is 10.3. The van der Waals surface area contributed by atoms with Crippen molar-refractivity contribution in [2.24, 2.45) is 0 Å². The van der Waals surface area contributed by atoms with E-state index < -0.39 is 0 Å². The van der Waals surface area contributed by atoms with E-state index in [1.165, 1.54) is 129 Å². The molecule has 0 saturated heterocycles. The van der Waals surface area contributed by atoms with Gasteiger partial charge in [0.05, 0.1) is 22.7 Å². The highest BCUT2D eigenvalue weighted by Gasteiger charge is 2.44. The van der Waals surface area contributed by atoms with Gasteiger partial charge >= 0.3 is 0 Å². The number of anilines is 8. The zero-order valence-corrected chi connectivity index (χ0v) is 48.8. The van der Waals surface area contributed by atoms with Crippen LogP contribution in [-0.2, 0) is 0 Å². The SMILES string of the molecule is c1ccc2c(c1)N(c1ccc3ccc4c5ccccc5ccc4c3c1)C(=C1N(c3ccc4ccc5c6ccccc6ccc5c4c3)c3ccccc3N1c1ccc3ccc4c5ccccc5ccc4c3c1)N2c1ccc2ccc3c4ccccc4ccc3c2c1. The van der Waals surface area contributed by atoms with Gasteiger partial charge in [-0.3, -0.25) is 19.6 Å². The molecule has 0 aromatic heterocycles. The Labute approximate surface area is 518 Å². The van der Waals surface area contributed by atoms with Crippen LogP contribution in [0.5, 0.6) is 0 Å². The van der Waals surface area contributed by atoms with Crippen LogP contribution in [0.25, 0.3) is 129 Å². The average Bonchev–Trinajstić information content (AvgIpc) is 1.79. The number of hydrogen-bond acceptors (Lipinski definition) is 4. The summed E-state index contributed by atoms with van der Waals surface area (Å²) < 4.78 is 0. The van der Waals surface area contributed by atoms with Gasteiger partial charge in [0.2, 0.25) is 0 Å². The van der Waals surface area contributed by atoms with E-state index >= 15 is 0 Å². The van der Waals surface area contributed by atoms with Crippen LogP contribution in [0.2, 0.25) is 0 Å². The molecule has 4 heteroatoms. The van der Waals surface area contributed by atoms with Crippen molar-refractivity contribution >= 4 is 175 Å². The highest BCUT2D eigenvalue weighted by Crippen LogP contribution is 2.58. The van der Waals surface area contributed by atoms with Gasteiger partial charge in [-0.2, -0.15) is 0 Å². The van der Waals surface area contributed by atoms with E-state index in [-0.39, 0.29) is 0 Å². The molecule has 2 aliphatic heterocycles. The number of hydrogen-bond donors (Lipinski definition) is 0. The Morgan fingerprint density at radius 1 is 0.133 bits per heavy atom. The van der Waals surface area contributed by atoms with Gasteiger partial charge in [0, 0.05) is 22.7 Å².